The monoisotopic (exact) mass is 270 g/mol. The molecular formula is C15H18N4O. The summed E-state index contributed by atoms with van der Waals surface area (Å²) < 4.78 is 1.72. The Morgan fingerprint density at radius 2 is 2.15 bits per heavy atom. The van der Waals surface area contributed by atoms with Crippen LogP contribution in [0.5, 0.6) is 0 Å². The third kappa shape index (κ3) is 2.32. The largest absolute Gasteiger partial charge is 0.323 e. The lowest BCUT2D eigenvalue weighted by Crippen LogP contribution is -2.50. The molecule has 0 aliphatic heterocycles. The number of anilines is 1. The van der Waals surface area contributed by atoms with Crippen molar-refractivity contribution in [3.05, 3.63) is 42.7 Å². The summed E-state index contributed by atoms with van der Waals surface area (Å²) in [6.45, 7) is 1.80. The van der Waals surface area contributed by atoms with Gasteiger partial charge in [-0.15, -0.1) is 0 Å². The quantitative estimate of drug-likeness (QED) is 0.891. The zero-order valence-electron chi connectivity index (χ0n) is 11.4. The molecule has 5 nitrogen and oxygen atoms in total. The SMILES string of the molecule is CC(N)(C(=O)Nc1ccccc1-n1cccn1)C1CC1. The summed E-state index contributed by atoms with van der Waals surface area (Å²) in [4.78, 5) is 12.4. The van der Waals surface area contributed by atoms with Crippen LogP contribution in [-0.2, 0) is 4.79 Å². The van der Waals surface area contributed by atoms with Crippen LogP contribution in [0.25, 0.3) is 5.69 Å². The number of benzene rings is 1. The summed E-state index contributed by atoms with van der Waals surface area (Å²) in [5.41, 5.74) is 6.89. The molecule has 5 heteroatoms. The molecule has 0 spiro atoms. The number of carbonyl (C=O) groups excluding carboxylic acids is 1. The van der Waals surface area contributed by atoms with Crippen LogP contribution in [0.15, 0.2) is 42.7 Å². The molecule has 1 aromatic heterocycles. The van der Waals surface area contributed by atoms with E-state index in [0.717, 1.165) is 24.2 Å². The average Bonchev–Trinajstić information content (AvgIpc) is 3.17. The van der Waals surface area contributed by atoms with E-state index in [1.54, 1.807) is 17.8 Å². The van der Waals surface area contributed by atoms with Crippen LogP contribution >= 0.6 is 0 Å². The van der Waals surface area contributed by atoms with Gasteiger partial charge in [-0.3, -0.25) is 4.79 Å². The first-order valence-corrected chi connectivity index (χ1v) is 6.78. The van der Waals surface area contributed by atoms with Crippen LogP contribution in [0.1, 0.15) is 19.8 Å². The van der Waals surface area contributed by atoms with E-state index in [1.165, 1.54) is 0 Å². The number of nitrogens with two attached hydrogens (primary N) is 1. The highest BCUT2D eigenvalue weighted by atomic mass is 16.2. The number of aromatic nitrogens is 2. The van der Waals surface area contributed by atoms with E-state index < -0.39 is 5.54 Å². The van der Waals surface area contributed by atoms with Crippen LogP contribution in [0.4, 0.5) is 5.69 Å². The molecular weight excluding hydrogens is 252 g/mol. The molecule has 1 aliphatic rings. The predicted molar refractivity (Wildman–Crippen MR) is 77.5 cm³/mol. The Morgan fingerprint density at radius 1 is 1.40 bits per heavy atom. The highest BCUT2D eigenvalue weighted by molar-refractivity contribution is 5.99. The van der Waals surface area contributed by atoms with Gasteiger partial charge in [0.05, 0.1) is 16.9 Å². The van der Waals surface area contributed by atoms with Gasteiger partial charge in [0.1, 0.15) is 0 Å². The van der Waals surface area contributed by atoms with Crippen molar-refractivity contribution in [3.63, 3.8) is 0 Å². The van der Waals surface area contributed by atoms with Crippen LogP contribution in [0, 0.1) is 5.92 Å². The Kier molecular flexibility index (Phi) is 3.06. The lowest BCUT2D eigenvalue weighted by atomic mass is 9.96. The fourth-order valence-electron chi connectivity index (χ4n) is 2.32. The summed E-state index contributed by atoms with van der Waals surface area (Å²) >= 11 is 0. The van der Waals surface area contributed by atoms with E-state index in [1.807, 2.05) is 36.5 Å². The van der Waals surface area contributed by atoms with Gasteiger partial charge in [0.15, 0.2) is 0 Å². The number of nitrogens with one attached hydrogen (secondary N) is 1. The van der Waals surface area contributed by atoms with Crippen molar-refractivity contribution in [1.82, 2.24) is 9.78 Å². The highest BCUT2D eigenvalue weighted by Gasteiger charge is 2.44. The number of carbonyl (C=O) groups is 1. The zero-order chi connectivity index (χ0) is 14.2. The standard InChI is InChI=1S/C15H18N4O/c1-15(16,11-7-8-11)14(20)18-12-5-2-3-6-13(12)19-10-4-9-17-19/h2-6,9-11H,7-8,16H2,1H3,(H,18,20). The third-order valence-corrected chi connectivity index (χ3v) is 3.82. The number of para-hydroxylation sites is 2. The van der Waals surface area contributed by atoms with E-state index in [9.17, 15) is 4.79 Å². The van der Waals surface area contributed by atoms with Crippen molar-refractivity contribution in [3.8, 4) is 5.69 Å². The van der Waals surface area contributed by atoms with Crippen molar-refractivity contribution in [1.29, 1.82) is 0 Å². The number of amides is 1. The molecule has 3 rings (SSSR count). The molecule has 0 bridgehead atoms. The van der Waals surface area contributed by atoms with E-state index in [-0.39, 0.29) is 5.91 Å². The molecule has 1 saturated carbocycles. The fourth-order valence-corrected chi connectivity index (χ4v) is 2.32. The average molecular weight is 270 g/mol. The van der Waals surface area contributed by atoms with Crippen LogP contribution in [0.2, 0.25) is 0 Å². The summed E-state index contributed by atoms with van der Waals surface area (Å²) in [6, 6.07) is 9.41. The van der Waals surface area contributed by atoms with Gasteiger partial charge in [-0.1, -0.05) is 12.1 Å². The molecule has 1 unspecified atom stereocenters. The smallest absolute Gasteiger partial charge is 0.244 e. The maximum absolute atomic E-state index is 12.4. The van der Waals surface area contributed by atoms with Crippen LogP contribution in [0.3, 0.4) is 0 Å². The number of nitrogens with zero attached hydrogens (tertiary/aromatic N) is 2. The molecule has 3 N–H and O–H groups in total. The summed E-state index contributed by atoms with van der Waals surface area (Å²) in [5, 5.41) is 7.13. The van der Waals surface area contributed by atoms with E-state index in [2.05, 4.69) is 10.4 Å². The first-order chi connectivity index (χ1) is 9.59. The molecule has 0 saturated heterocycles. The Bertz CT molecular complexity index is 615. The molecule has 1 amide bonds. The molecule has 20 heavy (non-hydrogen) atoms. The molecule has 1 aromatic carbocycles. The number of rotatable bonds is 4. The molecule has 0 radical (unpaired) electrons. The molecule has 1 heterocycles. The fraction of sp³-hybridized carbons (Fsp3) is 0.333. The second kappa shape index (κ2) is 4.76. The van der Waals surface area contributed by atoms with Crippen LogP contribution < -0.4 is 11.1 Å². The number of hydrogen-bond donors (Lipinski definition) is 2. The third-order valence-electron chi connectivity index (χ3n) is 3.82. The van der Waals surface area contributed by atoms with Gasteiger partial charge in [0.2, 0.25) is 5.91 Å². The summed E-state index contributed by atoms with van der Waals surface area (Å²) in [7, 11) is 0. The normalized spacial score (nSPS) is 17.5. The molecule has 1 atom stereocenters. The Balaban J connectivity index is 1.86. The first kappa shape index (κ1) is 12.9. The maximum Gasteiger partial charge on any atom is 0.244 e. The van der Waals surface area contributed by atoms with Gasteiger partial charge in [-0.05, 0) is 43.9 Å². The molecule has 2 aromatic rings. The van der Waals surface area contributed by atoms with Crippen LogP contribution in [-0.4, -0.2) is 21.2 Å². The van der Waals surface area contributed by atoms with Crippen molar-refractivity contribution >= 4 is 11.6 Å². The predicted octanol–water partition coefficient (Wildman–Crippen LogP) is 1.94. The summed E-state index contributed by atoms with van der Waals surface area (Å²) in [6.07, 6.45) is 5.60. The molecule has 104 valence electrons. The molecule has 1 aliphatic carbocycles. The summed E-state index contributed by atoms with van der Waals surface area (Å²) in [5.74, 6) is 0.152. The minimum atomic E-state index is -0.808. The van der Waals surface area contributed by atoms with Gasteiger partial charge >= 0.3 is 0 Å². The second-order valence-corrected chi connectivity index (χ2v) is 5.48. The van der Waals surface area contributed by atoms with Gasteiger partial charge in [-0.25, -0.2) is 4.68 Å². The Hall–Kier alpha value is -2.14. The van der Waals surface area contributed by atoms with E-state index in [0.29, 0.717) is 5.92 Å². The first-order valence-electron chi connectivity index (χ1n) is 6.78. The van der Waals surface area contributed by atoms with Crippen molar-refractivity contribution in [2.75, 3.05) is 5.32 Å². The van der Waals surface area contributed by atoms with E-state index in [4.69, 9.17) is 5.73 Å². The second-order valence-electron chi connectivity index (χ2n) is 5.48. The Labute approximate surface area is 117 Å². The van der Waals surface area contributed by atoms with Crippen molar-refractivity contribution < 1.29 is 4.79 Å². The van der Waals surface area contributed by atoms with Gasteiger partial charge in [0, 0.05) is 12.4 Å². The van der Waals surface area contributed by atoms with Crippen molar-refractivity contribution in [2.45, 2.75) is 25.3 Å². The minimum Gasteiger partial charge on any atom is -0.323 e. The van der Waals surface area contributed by atoms with E-state index >= 15 is 0 Å². The minimum absolute atomic E-state index is 0.139. The van der Waals surface area contributed by atoms with Gasteiger partial charge < -0.3 is 11.1 Å². The lowest BCUT2D eigenvalue weighted by molar-refractivity contribution is -0.121. The Morgan fingerprint density at radius 3 is 2.80 bits per heavy atom. The topological polar surface area (TPSA) is 72.9 Å². The van der Waals surface area contributed by atoms with Gasteiger partial charge in [0.25, 0.3) is 0 Å². The molecule has 1 fully saturated rings. The van der Waals surface area contributed by atoms with Gasteiger partial charge in [-0.2, -0.15) is 5.10 Å². The zero-order valence-corrected chi connectivity index (χ0v) is 11.4. The lowest BCUT2D eigenvalue weighted by Gasteiger charge is -2.23. The highest BCUT2D eigenvalue weighted by Crippen LogP contribution is 2.38. The maximum atomic E-state index is 12.4. The van der Waals surface area contributed by atoms with Crippen molar-refractivity contribution in [2.24, 2.45) is 11.7 Å². The number of hydrogen-bond acceptors (Lipinski definition) is 3.